The van der Waals surface area contributed by atoms with Crippen LogP contribution >= 0.6 is 0 Å². The van der Waals surface area contributed by atoms with Gasteiger partial charge in [-0.3, -0.25) is 4.79 Å². The molecule has 0 bridgehead atoms. The number of anilines is 3. The standard InChI is InChI=1S/C22H23N3O2/c1-2-14-24-22(26)18-15-16(23)12-13-19(18)25-20-10-6-7-11-21(20)27-17-8-4-3-5-9-17/h3-13,15,25H,2,14,23H2,1H3,(H,24,26). The number of carbonyl (C=O) groups is 1. The zero-order valence-electron chi connectivity index (χ0n) is 15.2. The minimum absolute atomic E-state index is 0.159. The van der Waals surface area contributed by atoms with Crippen LogP contribution in [0.4, 0.5) is 17.1 Å². The van der Waals surface area contributed by atoms with Gasteiger partial charge in [-0.25, -0.2) is 0 Å². The van der Waals surface area contributed by atoms with E-state index in [1.807, 2.05) is 61.5 Å². The number of hydrogen-bond donors (Lipinski definition) is 3. The summed E-state index contributed by atoms with van der Waals surface area (Å²) < 4.78 is 5.98. The average Bonchev–Trinajstić information content (AvgIpc) is 2.69. The highest BCUT2D eigenvalue weighted by Gasteiger charge is 2.13. The minimum atomic E-state index is -0.159. The molecule has 1 amide bonds. The topological polar surface area (TPSA) is 76.4 Å². The third-order valence-corrected chi connectivity index (χ3v) is 3.95. The molecule has 27 heavy (non-hydrogen) atoms. The molecule has 3 aromatic rings. The quantitative estimate of drug-likeness (QED) is 0.521. The van der Waals surface area contributed by atoms with Gasteiger partial charge in [-0.15, -0.1) is 0 Å². The SMILES string of the molecule is CCCNC(=O)c1cc(N)ccc1Nc1ccccc1Oc1ccccc1. The number of nitrogens with two attached hydrogens (primary N) is 1. The number of rotatable bonds is 7. The van der Waals surface area contributed by atoms with Crippen molar-refractivity contribution < 1.29 is 9.53 Å². The molecule has 0 fully saturated rings. The van der Waals surface area contributed by atoms with Gasteiger partial charge in [0.05, 0.1) is 16.9 Å². The van der Waals surface area contributed by atoms with Crippen molar-refractivity contribution in [3.05, 3.63) is 78.4 Å². The molecule has 0 aliphatic carbocycles. The summed E-state index contributed by atoms with van der Waals surface area (Å²) in [6, 6.07) is 22.4. The van der Waals surface area contributed by atoms with Crippen molar-refractivity contribution in [3.63, 3.8) is 0 Å². The van der Waals surface area contributed by atoms with Gasteiger partial charge < -0.3 is 21.1 Å². The summed E-state index contributed by atoms with van der Waals surface area (Å²) in [7, 11) is 0. The Morgan fingerprint density at radius 2 is 1.70 bits per heavy atom. The molecule has 0 heterocycles. The van der Waals surface area contributed by atoms with E-state index in [2.05, 4.69) is 10.6 Å². The number of hydrogen-bond acceptors (Lipinski definition) is 4. The first-order valence-corrected chi connectivity index (χ1v) is 8.94. The molecule has 0 aromatic heterocycles. The Hall–Kier alpha value is -3.47. The van der Waals surface area contributed by atoms with Crippen molar-refractivity contribution in [2.24, 2.45) is 0 Å². The predicted molar refractivity (Wildman–Crippen MR) is 110 cm³/mol. The maximum atomic E-state index is 12.5. The molecule has 0 atom stereocenters. The zero-order chi connectivity index (χ0) is 19.1. The van der Waals surface area contributed by atoms with E-state index in [0.29, 0.717) is 29.2 Å². The predicted octanol–water partition coefficient (Wildman–Crippen LogP) is 4.94. The maximum Gasteiger partial charge on any atom is 0.253 e. The third kappa shape index (κ3) is 4.79. The molecule has 0 saturated heterocycles. The summed E-state index contributed by atoms with van der Waals surface area (Å²) in [6.45, 7) is 2.62. The Kier molecular flexibility index (Phi) is 5.94. The Labute approximate surface area is 159 Å². The van der Waals surface area contributed by atoms with Gasteiger partial charge >= 0.3 is 0 Å². The van der Waals surface area contributed by atoms with E-state index in [0.717, 1.165) is 17.9 Å². The smallest absolute Gasteiger partial charge is 0.253 e. The van der Waals surface area contributed by atoms with Crippen LogP contribution in [0.5, 0.6) is 11.5 Å². The van der Waals surface area contributed by atoms with Crippen molar-refractivity contribution in [1.29, 1.82) is 0 Å². The number of nitrogens with one attached hydrogen (secondary N) is 2. The van der Waals surface area contributed by atoms with Crippen LogP contribution < -0.4 is 21.1 Å². The van der Waals surface area contributed by atoms with Crippen LogP contribution in [-0.4, -0.2) is 12.5 Å². The summed E-state index contributed by atoms with van der Waals surface area (Å²) in [4.78, 5) is 12.5. The average molecular weight is 361 g/mol. The van der Waals surface area contributed by atoms with E-state index in [9.17, 15) is 4.79 Å². The minimum Gasteiger partial charge on any atom is -0.455 e. The maximum absolute atomic E-state index is 12.5. The monoisotopic (exact) mass is 361 g/mol. The molecular weight excluding hydrogens is 338 g/mol. The van der Waals surface area contributed by atoms with E-state index in [1.54, 1.807) is 18.2 Å². The fourth-order valence-electron chi connectivity index (χ4n) is 2.61. The van der Waals surface area contributed by atoms with E-state index in [1.165, 1.54) is 0 Å². The molecule has 5 nitrogen and oxygen atoms in total. The van der Waals surface area contributed by atoms with E-state index < -0.39 is 0 Å². The molecule has 0 aliphatic rings. The lowest BCUT2D eigenvalue weighted by Gasteiger charge is -2.16. The normalized spacial score (nSPS) is 10.3. The molecule has 138 valence electrons. The first-order chi connectivity index (χ1) is 13.2. The number of para-hydroxylation sites is 3. The highest BCUT2D eigenvalue weighted by Crippen LogP contribution is 2.33. The Bertz CT molecular complexity index is 910. The molecule has 4 N–H and O–H groups in total. The van der Waals surface area contributed by atoms with Gasteiger partial charge in [-0.2, -0.15) is 0 Å². The number of amides is 1. The number of carbonyl (C=O) groups excluding carboxylic acids is 1. The lowest BCUT2D eigenvalue weighted by atomic mass is 10.1. The van der Waals surface area contributed by atoms with Crippen molar-refractivity contribution in [3.8, 4) is 11.5 Å². The first-order valence-electron chi connectivity index (χ1n) is 8.94. The van der Waals surface area contributed by atoms with Crippen molar-refractivity contribution in [2.75, 3.05) is 17.6 Å². The van der Waals surface area contributed by atoms with Crippen LogP contribution in [0.2, 0.25) is 0 Å². The molecular formula is C22H23N3O2. The Morgan fingerprint density at radius 1 is 0.963 bits per heavy atom. The lowest BCUT2D eigenvalue weighted by Crippen LogP contribution is -2.25. The Balaban J connectivity index is 1.88. The van der Waals surface area contributed by atoms with Crippen LogP contribution in [-0.2, 0) is 0 Å². The van der Waals surface area contributed by atoms with E-state index >= 15 is 0 Å². The van der Waals surface area contributed by atoms with Gasteiger partial charge in [0.25, 0.3) is 5.91 Å². The first kappa shape index (κ1) is 18.3. The summed E-state index contributed by atoms with van der Waals surface area (Å²) in [5.41, 5.74) is 8.35. The van der Waals surface area contributed by atoms with Crippen LogP contribution in [0.3, 0.4) is 0 Å². The van der Waals surface area contributed by atoms with Gasteiger partial charge in [-0.1, -0.05) is 37.3 Å². The third-order valence-electron chi connectivity index (χ3n) is 3.95. The lowest BCUT2D eigenvalue weighted by molar-refractivity contribution is 0.0954. The van der Waals surface area contributed by atoms with Gasteiger partial charge in [0.2, 0.25) is 0 Å². The van der Waals surface area contributed by atoms with Gasteiger partial charge in [-0.05, 0) is 48.9 Å². The van der Waals surface area contributed by atoms with Crippen molar-refractivity contribution in [1.82, 2.24) is 5.32 Å². The molecule has 0 saturated carbocycles. The fourth-order valence-corrected chi connectivity index (χ4v) is 2.61. The number of ether oxygens (including phenoxy) is 1. The van der Waals surface area contributed by atoms with Gasteiger partial charge in [0, 0.05) is 12.2 Å². The molecule has 0 unspecified atom stereocenters. The number of benzene rings is 3. The van der Waals surface area contributed by atoms with E-state index in [-0.39, 0.29) is 5.91 Å². The van der Waals surface area contributed by atoms with Crippen LogP contribution in [0, 0.1) is 0 Å². The fraction of sp³-hybridized carbons (Fsp3) is 0.136. The molecule has 5 heteroatoms. The van der Waals surface area contributed by atoms with Crippen LogP contribution in [0.1, 0.15) is 23.7 Å². The highest BCUT2D eigenvalue weighted by molar-refractivity contribution is 6.01. The second-order valence-electron chi connectivity index (χ2n) is 6.10. The highest BCUT2D eigenvalue weighted by atomic mass is 16.5. The van der Waals surface area contributed by atoms with E-state index in [4.69, 9.17) is 10.5 Å². The summed E-state index contributed by atoms with van der Waals surface area (Å²) in [6.07, 6.45) is 0.866. The van der Waals surface area contributed by atoms with Crippen molar-refractivity contribution in [2.45, 2.75) is 13.3 Å². The molecule has 3 aromatic carbocycles. The van der Waals surface area contributed by atoms with Gasteiger partial charge in [0.15, 0.2) is 5.75 Å². The van der Waals surface area contributed by atoms with Crippen molar-refractivity contribution >= 4 is 23.0 Å². The largest absolute Gasteiger partial charge is 0.455 e. The molecule has 0 aliphatic heterocycles. The second kappa shape index (κ2) is 8.76. The summed E-state index contributed by atoms with van der Waals surface area (Å²) in [5, 5.41) is 6.20. The Morgan fingerprint density at radius 3 is 2.48 bits per heavy atom. The number of nitrogen functional groups attached to an aromatic ring is 1. The molecule has 0 spiro atoms. The summed E-state index contributed by atoms with van der Waals surface area (Å²) >= 11 is 0. The summed E-state index contributed by atoms with van der Waals surface area (Å²) in [5.74, 6) is 1.25. The molecule has 0 radical (unpaired) electrons. The second-order valence-corrected chi connectivity index (χ2v) is 6.10. The van der Waals surface area contributed by atoms with Crippen LogP contribution in [0.15, 0.2) is 72.8 Å². The molecule has 3 rings (SSSR count). The van der Waals surface area contributed by atoms with Crippen LogP contribution in [0.25, 0.3) is 0 Å². The zero-order valence-corrected chi connectivity index (χ0v) is 15.2. The van der Waals surface area contributed by atoms with Gasteiger partial charge in [0.1, 0.15) is 5.75 Å².